The third kappa shape index (κ3) is 3.31. The maximum atomic E-state index is 13.3. The minimum Gasteiger partial charge on any atom is -0.458 e. The van der Waals surface area contributed by atoms with Gasteiger partial charge in [-0.25, -0.2) is 9.78 Å². The van der Waals surface area contributed by atoms with Crippen molar-refractivity contribution in [2.45, 2.75) is 45.2 Å². The molecule has 0 saturated carbocycles. The fraction of sp³-hybridized carbons (Fsp3) is 0.360. The van der Waals surface area contributed by atoms with Gasteiger partial charge in [-0.1, -0.05) is 30.3 Å². The van der Waals surface area contributed by atoms with Crippen molar-refractivity contribution in [2.24, 2.45) is 5.16 Å². The zero-order chi connectivity index (χ0) is 24.2. The van der Waals surface area contributed by atoms with Crippen molar-refractivity contribution in [3.63, 3.8) is 0 Å². The Kier molecular flexibility index (Phi) is 5.26. The van der Waals surface area contributed by atoms with Crippen molar-refractivity contribution >= 4 is 23.1 Å². The van der Waals surface area contributed by atoms with E-state index in [0.717, 1.165) is 22.0 Å². The van der Waals surface area contributed by atoms with Crippen molar-refractivity contribution < 1.29 is 19.5 Å². The molecule has 0 aliphatic carbocycles. The molecular weight excluding hydrogens is 436 g/mol. The highest BCUT2D eigenvalue weighted by atomic mass is 16.6. The number of fused-ring (bicyclic) bond motifs is 5. The molecule has 34 heavy (non-hydrogen) atoms. The summed E-state index contributed by atoms with van der Waals surface area (Å²) in [7, 11) is 3.81. The highest BCUT2D eigenvalue weighted by Gasteiger charge is 2.45. The normalized spacial score (nSPS) is 19.8. The van der Waals surface area contributed by atoms with Gasteiger partial charge in [0, 0.05) is 22.1 Å². The van der Waals surface area contributed by atoms with E-state index in [1.165, 1.54) is 0 Å². The lowest BCUT2D eigenvalue weighted by Crippen LogP contribution is -2.44. The van der Waals surface area contributed by atoms with Gasteiger partial charge in [0.25, 0.3) is 5.56 Å². The number of carbonyl (C=O) groups is 1. The largest absolute Gasteiger partial charge is 0.458 e. The van der Waals surface area contributed by atoms with E-state index in [1.807, 2.05) is 50.2 Å². The number of esters is 1. The van der Waals surface area contributed by atoms with Crippen LogP contribution in [-0.2, 0) is 33.1 Å². The van der Waals surface area contributed by atoms with Gasteiger partial charge in [-0.2, -0.15) is 0 Å². The molecule has 0 radical (unpaired) electrons. The average molecular weight is 463 g/mol. The molecule has 4 heterocycles. The van der Waals surface area contributed by atoms with Crippen molar-refractivity contribution in [2.75, 3.05) is 14.1 Å². The van der Waals surface area contributed by atoms with E-state index in [0.29, 0.717) is 29.1 Å². The van der Waals surface area contributed by atoms with Crippen molar-refractivity contribution in [1.29, 1.82) is 0 Å². The van der Waals surface area contributed by atoms with E-state index in [4.69, 9.17) is 14.6 Å². The van der Waals surface area contributed by atoms with Gasteiger partial charge in [-0.15, -0.1) is 0 Å². The number of aliphatic hydroxyl groups is 1. The molecule has 2 aliphatic heterocycles. The van der Waals surface area contributed by atoms with Crippen molar-refractivity contribution in [3.8, 4) is 11.4 Å². The molecule has 2 aliphatic rings. The van der Waals surface area contributed by atoms with Gasteiger partial charge in [0.2, 0.25) is 0 Å². The third-order valence-corrected chi connectivity index (χ3v) is 6.70. The Morgan fingerprint density at radius 1 is 1.35 bits per heavy atom. The van der Waals surface area contributed by atoms with E-state index in [-0.39, 0.29) is 24.8 Å². The first kappa shape index (κ1) is 22.2. The van der Waals surface area contributed by atoms with Crippen LogP contribution in [0.2, 0.25) is 0 Å². The number of ether oxygens (including phenoxy) is 1. The minimum atomic E-state index is -1.85. The molecule has 1 aromatic carbocycles. The summed E-state index contributed by atoms with van der Waals surface area (Å²) < 4.78 is 6.75. The number of hydrogen-bond donors (Lipinski definition) is 1. The zero-order valence-electron chi connectivity index (χ0n) is 19.5. The highest BCUT2D eigenvalue weighted by Crippen LogP contribution is 2.38. The molecule has 1 N–H and O–H groups in total. The van der Waals surface area contributed by atoms with E-state index in [2.05, 4.69) is 5.16 Å². The minimum absolute atomic E-state index is 0.103. The molecule has 5 rings (SSSR count). The quantitative estimate of drug-likeness (QED) is 0.210. The summed E-state index contributed by atoms with van der Waals surface area (Å²) in [4.78, 5) is 37.9. The summed E-state index contributed by atoms with van der Waals surface area (Å²) in [6.07, 6.45) is 1.55. The molecule has 2 aromatic heterocycles. The zero-order valence-corrected chi connectivity index (χ0v) is 19.5. The Balaban J connectivity index is 1.64. The smallest absolute Gasteiger partial charge is 0.343 e. The lowest BCUT2D eigenvalue weighted by atomic mass is 9.86. The average Bonchev–Trinajstić information content (AvgIpc) is 3.18. The number of carbonyl (C=O) groups excluding carboxylic acids is 1. The Morgan fingerprint density at radius 3 is 2.88 bits per heavy atom. The second-order valence-corrected chi connectivity index (χ2v) is 8.92. The maximum absolute atomic E-state index is 13.3. The van der Waals surface area contributed by atoms with Crippen LogP contribution in [0.25, 0.3) is 22.3 Å². The van der Waals surface area contributed by atoms with Crippen LogP contribution in [-0.4, -0.2) is 52.1 Å². The van der Waals surface area contributed by atoms with Gasteiger partial charge in [-0.05, 0) is 39.6 Å². The number of rotatable bonds is 5. The van der Waals surface area contributed by atoms with Gasteiger partial charge in [-0.3, -0.25) is 9.69 Å². The standard InChI is InChI=1S/C25H26N4O5/c1-5-25(32)19-10-20-22-17(12-29(20)23(30)18(19)13-33-24(25)31)9-15-7-6-8-16(21(15)27-22)11-26-34-14(2)28(3)4/h6-11,14,32H,5,12-13H2,1-4H3/b26-11+/t14?,25-/m0/s1. The van der Waals surface area contributed by atoms with Gasteiger partial charge >= 0.3 is 5.97 Å². The van der Waals surface area contributed by atoms with Crippen LogP contribution in [0.3, 0.4) is 0 Å². The first-order valence-corrected chi connectivity index (χ1v) is 11.2. The Bertz CT molecular complexity index is 1410. The van der Waals surface area contributed by atoms with Gasteiger partial charge in [0.05, 0.1) is 35.2 Å². The van der Waals surface area contributed by atoms with Crippen LogP contribution in [0.1, 0.15) is 42.5 Å². The molecular formula is C25H26N4O5. The van der Waals surface area contributed by atoms with E-state index >= 15 is 0 Å². The van der Waals surface area contributed by atoms with Gasteiger partial charge in [0.15, 0.2) is 11.8 Å². The summed E-state index contributed by atoms with van der Waals surface area (Å²) in [6, 6.07) is 9.50. The second kappa shape index (κ2) is 8.03. The number of hydrogen-bond acceptors (Lipinski definition) is 8. The van der Waals surface area contributed by atoms with Crippen molar-refractivity contribution in [3.05, 3.63) is 62.9 Å². The molecule has 0 fully saturated rings. The number of benzene rings is 1. The van der Waals surface area contributed by atoms with Crippen LogP contribution < -0.4 is 5.56 Å². The summed E-state index contributed by atoms with van der Waals surface area (Å²) in [6.45, 7) is 3.80. The fourth-order valence-electron chi connectivity index (χ4n) is 4.40. The number of pyridine rings is 2. The van der Waals surface area contributed by atoms with Crippen LogP contribution in [0.4, 0.5) is 0 Å². The summed E-state index contributed by atoms with van der Waals surface area (Å²) in [5, 5.41) is 16.1. The first-order chi connectivity index (χ1) is 16.2. The molecule has 0 bridgehead atoms. The molecule has 1 unspecified atom stereocenters. The van der Waals surface area contributed by atoms with E-state index in [9.17, 15) is 14.7 Å². The number of nitrogens with zero attached hydrogens (tertiary/aromatic N) is 4. The number of para-hydroxylation sites is 1. The van der Waals surface area contributed by atoms with Gasteiger partial charge in [0.1, 0.15) is 6.61 Å². The predicted molar refractivity (Wildman–Crippen MR) is 126 cm³/mol. The molecule has 9 nitrogen and oxygen atoms in total. The monoisotopic (exact) mass is 462 g/mol. The lowest BCUT2D eigenvalue weighted by Gasteiger charge is -2.31. The Labute approximate surface area is 196 Å². The Morgan fingerprint density at radius 2 is 2.15 bits per heavy atom. The molecule has 2 atom stereocenters. The molecule has 3 aromatic rings. The van der Waals surface area contributed by atoms with E-state index < -0.39 is 11.6 Å². The molecule has 0 saturated heterocycles. The SMILES string of the molecule is CC[C@@]1(O)C(=O)OCc2c1cc1n(c2=O)Cc2cc3cccc(/C=N/OC(C)N(C)C)c3nc2-1. The number of oxime groups is 1. The summed E-state index contributed by atoms with van der Waals surface area (Å²) in [5.41, 5.74) is 2.10. The number of aromatic nitrogens is 2. The molecule has 0 amide bonds. The second-order valence-electron chi connectivity index (χ2n) is 8.92. The highest BCUT2D eigenvalue weighted by molar-refractivity contribution is 5.98. The van der Waals surface area contributed by atoms with Crippen LogP contribution in [0, 0.1) is 0 Å². The summed E-state index contributed by atoms with van der Waals surface area (Å²) >= 11 is 0. The first-order valence-electron chi connectivity index (χ1n) is 11.2. The fourth-order valence-corrected chi connectivity index (χ4v) is 4.40. The topological polar surface area (TPSA) is 106 Å². The van der Waals surface area contributed by atoms with E-state index in [1.54, 1.807) is 23.8 Å². The maximum Gasteiger partial charge on any atom is 0.343 e. The Hall–Kier alpha value is -3.56. The van der Waals surface area contributed by atoms with Crippen LogP contribution >= 0.6 is 0 Å². The predicted octanol–water partition coefficient (Wildman–Crippen LogP) is 2.34. The van der Waals surface area contributed by atoms with Crippen LogP contribution in [0.5, 0.6) is 0 Å². The summed E-state index contributed by atoms with van der Waals surface area (Å²) in [5.74, 6) is -0.734. The van der Waals surface area contributed by atoms with Gasteiger partial charge < -0.3 is 19.2 Å². The van der Waals surface area contributed by atoms with Crippen molar-refractivity contribution in [1.82, 2.24) is 14.5 Å². The molecule has 176 valence electrons. The third-order valence-electron chi connectivity index (χ3n) is 6.70. The number of cyclic esters (lactones) is 1. The molecule has 9 heteroatoms. The lowest BCUT2D eigenvalue weighted by molar-refractivity contribution is -0.172. The molecule has 0 spiro atoms. The van der Waals surface area contributed by atoms with Crippen LogP contribution in [0.15, 0.2) is 40.3 Å².